The highest BCUT2D eigenvalue weighted by atomic mass is 79.9. The van der Waals surface area contributed by atoms with E-state index in [4.69, 9.17) is 8.75 Å². The minimum Gasteiger partial charge on any atom is -0.354 e. The van der Waals surface area contributed by atoms with Crippen molar-refractivity contribution in [1.29, 1.82) is 0 Å². The molecule has 3 aliphatic carbocycles. The Morgan fingerprint density at radius 3 is 1.07 bits per heavy atom. The van der Waals surface area contributed by atoms with Crippen molar-refractivity contribution < 1.29 is 0 Å². The lowest BCUT2D eigenvalue weighted by atomic mass is 9.82. The Hall–Kier alpha value is -9.62. The van der Waals surface area contributed by atoms with Crippen LogP contribution < -0.4 is 0 Å². The third kappa shape index (κ3) is 7.69. The highest BCUT2D eigenvalue weighted by molar-refractivity contribution is 9.11. The summed E-state index contributed by atoms with van der Waals surface area (Å²) >= 11 is 9.69. The first-order chi connectivity index (χ1) is 45.8. The minimum absolute atomic E-state index is 0.0679. The second-order valence-electron chi connectivity index (χ2n) is 27.0. The van der Waals surface area contributed by atoms with Crippen molar-refractivity contribution in [3.63, 3.8) is 0 Å². The topological polar surface area (TPSA) is 77.2 Å². The van der Waals surface area contributed by atoms with E-state index in [1.165, 1.54) is 156 Å². The molecule has 0 saturated carbocycles. The molecule has 0 radical (unpaired) electrons. The van der Waals surface area contributed by atoms with Crippen LogP contribution in [0, 0.1) is 0 Å². The number of hydrogen-bond donors (Lipinski definition) is 1. The molecule has 450 valence electrons. The van der Waals surface area contributed by atoms with Crippen LogP contribution in [0.15, 0.2) is 239 Å². The van der Waals surface area contributed by atoms with Crippen molar-refractivity contribution >= 4 is 164 Å². The zero-order valence-electron chi connectivity index (χ0n) is 52.2. The molecule has 21 rings (SSSR count). The standard InChI is InChI=1S/C52H36N4S.C21H17N.C10H4Br2N2S/c1-51(2)39-21-11-7-15-29(39)35-27-45-37(25-41(35)51)31-17-9-13-23-43(31)55(45)49-33-19-5-6-20-34(33)50(48-47(49)53-57-54-48)56-44-24-14-10-18-32(44)38-26-42-36(28-46(38)56)30-16-8-12-22-40(30)52(42,3)4;1-21(2)17-9-5-3-7-13(17)15-12-20-16(11-18(15)21)14-8-4-6-10-19(14)22-20;11-7-5-3-1-2-4-6(5)8(12)10-9(7)13-15-14-10/h5-28H,1-4H3;3-12,22H,1-2H3;1-4H. The number of aromatic nitrogens is 7. The van der Waals surface area contributed by atoms with E-state index in [9.17, 15) is 0 Å². The fraction of sp³-hybridized carbons (Fsp3) is 0.108. The van der Waals surface area contributed by atoms with E-state index in [-0.39, 0.29) is 16.2 Å². The number of nitrogens with one attached hydrogen (secondary N) is 1. The Morgan fingerprint density at radius 2 is 0.628 bits per heavy atom. The normalized spacial score (nSPS) is 14.4. The molecular weight excluding hydrogens is 1320 g/mol. The number of H-pyrrole nitrogens is 1. The smallest absolute Gasteiger partial charge is 0.131 e. The SMILES string of the molecule is Brc1c2ccccc2c(Br)c2nsnc12.CC1(C)c2ccccc2-c2cc3[nH]c4ccccc4c3cc21.CC1(C)c2ccccc2-c2cc3c(cc21)c1ccccc1n3-c1c2ccccc2c(-n2c3ccccc3c3cc4c(cc32)-c2ccccc2C4(C)C)c2nsnc12. The van der Waals surface area contributed by atoms with Gasteiger partial charge in [-0.25, -0.2) is 0 Å². The van der Waals surface area contributed by atoms with E-state index in [2.05, 4.69) is 315 Å². The molecule has 0 amide bonds. The summed E-state index contributed by atoms with van der Waals surface area (Å²) < 4.78 is 26.0. The van der Waals surface area contributed by atoms with Gasteiger partial charge in [-0.2, -0.15) is 17.5 Å². The fourth-order valence-corrected chi connectivity index (χ4v) is 19.1. The molecular formula is C83H57Br2N7S2. The summed E-state index contributed by atoms with van der Waals surface area (Å²) in [7, 11) is 0. The lowest BCUT2D eigenvalue weighted by Crippen LogP contribution is -2.14. The van der Waals surface area contributed by atoms with Crippen molar-refractivity contribution in [2.75, 3.05) is 0 Å². The first-order valence-electron chi connectivity index (χ1n) is 31.9. The molecule has 5 aromatic heterocycles. The number of para-hydroxylation sites is 3. The monoisotopic (exact) mass is 1370 g/mol. The van der Waals surface area contributed by atoms with Crippen LogP contribution in [0.25, 0.3) is 154 Å². The van der Waals surface area contributed by atoms with Crippen molar-refractivity contribution in [2.24, 2.45) is 0 Å². The maximum Gasteiger partial charge on any atom is 0.131 e. The van der Waals surface area contributed by atoms with Crippen LogP contribution in [0.3, 0.4) is 0 Å². The largest absolute Gasteiger partial charge is 0.354 e. The quantitative estimate of drug-likeness (QED) is 0.187. The van der Waals surface area contributed by atoms with Crippen molar-refractivity contribution in [1.82, 2.24) is 31.6 Å². The predicted molar refractivity (Wildman–Crippen MR) is 402 cm³/mol. The summed E-state index contributed by atoms with van der Waals surface area (Å²) in [6.45, 7) is 14.1. The van der Waals surface area contributed by atoms with Gasteiger partial charge in [0.25, 0.3) is 0 Å². The minimum atomic E-state index is -0.0932. The first-order valence-corrected chi connectivity index (χ1v) is 35.0. The van der Waals surface area contributed by atoms with Crippen LogP contribution >= 0.6 is 55.3 Å². The molecule has 0 fully saturated rings. The van der Waals surface area contributed by atoms with Crippen LogP contribution in [-0.4, -0.2) is 31.6 Å². The van der Waals surface area contributed by atoms with Gasteiger partial charge in [0.2, 0.25) is 0 Å². The fourth-order valence-electron chi connectivity index (χ4n) is 16.6. The van der Waals surface area contributed by atoms with Crippen LogP contribution in [0.1, 0.15) is 74.9 Å². The molecule has 11 heteroatoms. The predicted octanol–water partition coefficient (Wildman–Crippen LogP) is 23.6. The number of fused-ring (bicyclic) bond motifs is 22. The average Bonchev–Trinajstić information content (AvgIpc) is 1.57. The summed E-state index contributed by atoms with van der Waals surface area (Å²) in [5.41, 5.74) is 29.3. The van der Waals surface area contributed by atoms with Gasteiger partial charge in [0.05, 0.1) is 65.8 Å². The summed E-state index contributed by atoms with van der Waals surface area (Å²) in [5.74, 6) is 0. The third-order valence-corrected chi connectivity index (χ3v) is 23.7. The van der Waals surface area contributed by atoms with Crippen molar-refractivity contribution in [3.8, 4) is 44.8 Å². The second-order valence-corrected chi connectivity index (χ2v) is 29.6. The summed E-state index contributed by atoms with van der Waals surface area (Å²) in [6, 6.07) is 84.6. The average molecular weight is 1380 g/mol. The maximum atomic E-state index is 5.20. The highest BCUT2D eigenvalue weighted by Gasteiger charge is 2.39. The number of hydrogen-bond acceptors (Lipinski definition) is 6. The number of benzene rings is 13. The summed E-state index contributed by atoms with van der Waals surface area (Å²) in [4.78, 5) is 3.57. The molecule has 1 N–H and O–H groups in total. The maximum absolute atomic E-state index is 5.20. The molecule has 0 spiro atoms. The molecule has 0 bridgehead atoms. The molecule has 18 aromatic rings. The number of rotatable bonds is 2. The van der Waals surface area contributed by atoms with Gasteiger partial charge in [-0.3, -0.25) is 0 Å². The van der Waals surface area contributed by atoms with Crippen LogP contribution in [0.5, 0.6) is 0 Å². The van der Waals surface area contributed by atoms with Gasteiger partial charge in [-0.05, 0) is 164 Å². The van der Waals surface area contributed by atoms with Gasteiger partial charge in [-0.1, -0.05) is 217 Å². The lowest BCUT2D eigenvalue weighted by molar-refractivity contribution is 0.661. The molecule has 3 aliphatic rings. The molecule has 0 unspecified atom stereocenters. The van der Waals surface area contributed by atoms with E-state index < -0.39 is 0 Å². The van der Waals surface area contributed by atoms with Gasteiger partial charge in [0.1, 0.15) is 22.1 Å². The molecule has 7 nitrogen and oxygen atoms in total. The summed E-state index contributed by atoms with van der Waals surface area (Å²) in [5, 5.41) is 12.3. The van der Waals surface area contributed by atoms with E-state index in [0.29, 0.717) is 0 Å². The number of halogens is 2. The molecule has 0 atom stereocenters. The van der Waals surface area contributed by atoms with E-state index in [1.54, 1.807) is 0 Å². The Morgan fingerprint density at radius 1 is 0.287 bits per heavy atom. The summed E-state index contributed by atoms with van der Waals surface area (Å²) in [6.07, 6.45) is 0. The van der Waals surface area contributed by atoms with Gasteiger partial charge >= 0.3 is 0 Å². The van der Waals surface area contributed by atoms with Gasteiger partial charge in [0.15, 0.2) is 0 Å². The highest BCUT2D eigenvalue weighted by Crippen LogP contribution is 2.55. The zero-order chi connectivity index (χ0) is 63.3. The third-order valence-electron chi connectivity index (χ3n) is 21.1. The molecule has 5 heterocycles. The molecule has 13 aromatic carbocycles. The molecule has 0 saturated heterocycles. The van der Waals surface area contributed by atoms with Crippen molar-refractivity contribution in [2.45, 2.75) is 57.8 Å². The second kappa shape index (κ2) is 20.2. The Balaban J connectivity index is 0.000000137. The van der Waals surface area contributed by atoms with E-state index in [1.807, 2.05) is 12.1 Å². The first kappa shape index (κ1) is 56.0. The van der Waals surface area contributed by atoms with Crippen LogP contribution in [0.4, 0.5) is 0 Å². The zero-order valence-corrected chi connectivity index (χ0v) is 57.0. The van der Waals surface area contributed by atoms with Crippen LogP contribution in [0.2, 0.25) is 0 Å². The Kier molecular flexibility index (Phi) is 12.0. The molecule has 94 heavy (non-hydrogen) atoms. The van der Waals surface area contributed by atoms with E-state index >= 15 is 0 Å². The lowest BCUT2D eigenvalue weighted by Gasteiger charge is -2.21. The Labute approximate surface area is 566 Å². The number of aromatic amines is 1. The van der Waals surface area contributed by atoms with Crippen LogP contribution in [-0.2, 0) is 16.2 Å². The van der Waals surface area contributed by atoms with Gasteiger partial charge in [-0.15, -0.1) is 0 Å². The van der Waals surface area contributed by atoms with Crippen molar-refractivity contribution in [3.05, 3.63) is 273 Å². The Bertz CT molecular complexity index is 6040. The van der Waals surface area contributed by atoms with Gasteiger partial charge < -0.3 is 14.1 Å². The molecule has 0 aliphatic heterocycles. The number of nitrogens with zero attached hydrogens (tertiary/aromatic N) is 6. The van der Waals surface area contributed by atoms with E-state index in [0.717, 1.165) is 63.9 Å². The van der Waals surface area contributed by atoms with Gasteiger partial charge in [0, 0.05) is 70.4 Å².